The van der Waals surface area contributed by atoms with Crippen molar-refractivity contribution >= 4 is 11.6 Å². The van der Waals surface area contributed by atoms with E-state index in [-0.39, 0.29) is 18.1 Å². The van der Waals surface area contributed by atoms with Crippen LogP contribution in [-0.4, -0.2) is 48.1 Å². The number of carbonyl (C=O) groups is 1. The molecule has 1 aromatic heterocycles. The Hall–Kier alpha value is -1.62. The normalized spacial score (nSPS) is 23.8. The molecular formula is C13H19N3O2. The number of aromatic nitrogens is 1. The molecule has 2 rings (SSSR count). The van der Waals surface area contributed by atoms with Crippen LogP contribution in [-0.2, 0) is 4.74 Å². The molecule has 98 valence electrons. The number of nitrogens with one attached hydrogen (secondary N) is 1. The van der Waals surface area contributed by atoms with Crippen molar-refractivity contribution in [2.45, 2.75) is 26.1 Å². The molecule has 0 spiro atoms. The molecule has 1 aliphatic heterocycles. The summed E-state index contributed by atoms with van der Waals surface area (Å²) < 4.78 is 5.64. The van der Waals surface area contributed by atoms with Crippen LogP contribution in [0.5, 0.6) is 0 Å². The number of pyridine rings is 1. The van der Waals surface area contributed by atoms with E-state index in [4.69, 9.17) is 4.74 Å². The second-order valence-corrected chi connectivity index (χ2v) is 4.64. The minimum atomic E-state index is 0.0313. The lowest BCUT2D eigenvalue weighted by atomic mass is 10.1. The van der Waals surface area contributed by atoms with Crippen LogP contribution in [0.2, 0.25) is 0 Å². The topological polar surface area (TPSA) is 54.5 Å². The smallest absolute Gasteiger partial charge is 0.256 e. The first-order chi connectivity index (χ1) is 8.61. The summed E-state index contributed by atoms with van der Waals surface area (Å²) in [4.78, 5) is 18.3. The highest BCUT2D eigenvalue weighted by molar-refractivity contribution is 5.99. The van der Waals surface area contributed by atoms with E-state index in [9.17, 15) is 4.79 Å². The minimum Gasteiger partial charge on any atom is -0.386 e. The van der Waals surface area contributed by atoms with Gasteiger partial charge in [-0.25, -0.2) is 0 Å². The molecule has 1 saturated heterocycles. The standard InChI is InChI=1S/C13H19N3O2/c1-9-7-16(8-10(2)18-9)13(17)11-4-5-15-6-12(11)14-3/h4-6,9-10,14H,7-8H2,1-3H3/t9-,10+. The van der Waals surface area contributed by atoms with Gasteiger partial charge >= 0.3 is 0 Å². The largest absolute Gasteiger partial charge is 0.386 e. The van der Waals surface area contributed by atoms with Gasteiger partial charge in [-0.15, -0.1) is 0 Å². The summed E-state index contributed by atoms with van der Waals surface area (Å²) in [5.74, 6) is 0.0313. The van der Waals surface area contributed by atoms with E-state index in [1.54, 1.807) is 25.5 Å². The summed E-state index contributed by atoms with van der Waals surface area (Å²) in [6.45, 7) is 5.24. The summed E-state index contributed by atoms with van der Waals surface area (Å²) in [5.41, 5.74) is 1.42. The first-order valence-corrected chi connectivity index (χ1v) is 6.18. The van der Waals surface area contributed by atoms with Crippen LogP contribution < -0.4 is 5.32 Å². The molecular weight excluding hydrogens is 230 g/mol. The highest BCUT2D eigenvalue weighted by Gasteiger charge is 2.27. The molecule has 0 aromatic carbocycles. The van der Waals surface area contributed by atoms with Crippen LogP contribution in [0, 0.1) is 0 Å². The Morgan fingerprint density at radius 2 is 2.11 bits per heavy atom. The fourth-order valence-electron chi connectivity index (χ4n) is 2.29. The monoisotopic (exact) mass is 249 g/mol. The van der Waals surface area contributed by atoms with Crippen molar-refractivity contribution in [2.24, 2.45) is 0 Å². The van der Waals surface area contributed by atoms with Crippen LogP contribution in [0.1, 0.15) is 24.2 Å². The van der Waals surface area contributed by atoms with Crippen molar-refractivity contribution in [3.63, 3.8) is 0 Å². The van der Waals surface area contributed by atoms with Gasteiger partial charge < -0.3 is 15.0 Å². The lowest BCUT2D eigenvalue weighted by molar-refractivity contribution is -0.0585. The summed E-state index contributed by atoms with van der Waals surface area (Å²) in [6, 6.07) is 1.75. The van der Waals surface area contributed by atoms with Crippen LogP contribution in [0.25, 0.3) is 0 Å². The lowest BCUT2D eigenvalue weighted by Crippen LogP contribution is -2.48. The molecule has 1 N–H and O–H groups in total. The maximum absolute atomic E-state index is 12.5. The van der Waals surface area contributed by atoms with E-state index in [1.165, 1.54) is 0 Å². The van der Waals surface area contributed by atoms with Gasteiger partial charge in [-0.05, 0) is 19.9 Å². The molecule has 1 aliphatic rings. The van der Waals surface area contributed by atoms with Crippen LogP contribution in [0.4, 0.5) is 5.69 Å². The molecule has 0 bridgehead atoms. The Morgan fingerprint density at radius 3 is 2.72 bits per heavy atom. The van der Waals surface area contributed by atoms with Gasteiger partial charge in [0.1, 0.15) is 0 Å². The van der Waals surface area contributed by atoms with E-state index < -0.39 is 0 Å². The Bertz CT molecular complexity index is 426. The summed E-state index contributed by atoms with van der Waals surface area (Å²) in [7, 11) is 1.79. The van der Waals surface area contributed by atoms with E-state index in [0.29, 0.717) is 18.7 Å². The van der Waals surface area contributed by atoms with Crippen LogP contribution in [0.3, 0.4) is 0 Å². The molecule has 1 aromatic rings. The van der Waals surface area contributed by atoms with Crippen molar-refractivity contribution in [1.82, 2.24) is 9.88 Å². The number of nitrogens with zero attached hydrogens (tertiary/aromatic N) is 2. The SMILES string of the molecule is CNc1cnccc1C(=O)N1C[C@@H](C)O[C@@H](C)C1. The van der Waals surface area contributed by atoms with Gasteiger partial charge in [-0.2, -0.15) is 0 Å². The van der Waals surface area contributed by atoms with Gasteiger partial charge in [0.25, 0.3) is 5.91 Å². The van der Waals surface area contributed by atoms with Gasteiger partial charge in [-0.1, -0.05) is 0 Å². The Kier molecular flexibility index (Phi) is 3.81. The van der Waals surface area contributed by atoms with Crippen molar-refractivity contribution in [3.05, 3.63) is 24.0 Å². The van der Waals surface area contributed by atoms with Gasteiger partial charge in [0.15, 0.2) is 0 Å². The predicted octanol–water partition coefficient (Wildman–Crippen LogP) is 1.37. The zero-order valence-corrected chi connectivity index (χ0v) is 11.0. The first-order valence-electron chi connectivity index (χ1n) is 6.18. The molecule has 5 heteroatoms. The number of rotatable bonds is 2. The Morgan fingerprint density at radius 1 is 1.44 bits per heavy atom. The van der Waals surface area contributed by atoms with Crippen LogP contribution >= 0.6 is 0 Å². The average molecular weight is 249 g/mol. The number of morpholine rings is 1. The average Bonchev–Trinajstić information content (AvgIpc) is 2.36. The highest BCUT2D eigenvalue weighted by atomic mass is 16.5. The summed E-state index contributed by atoms with van der Waals surface area (Å²) in [6.07, 6.45) is 3.47. The molecule has 0 aliphatic carbocycles. The molecule has 0 unspecified atom stereocenters. The third-order valence-corrected chi connectivity index (χ3v) is 3.03. The van der Waals surface area contributed by atoms with Gasteiger partial charge in [-0.3, -0.25) is 9.78 Å². The summed E-state index contributed by atoms with van der Waals surface area (Å²) in [5, 5.41) is 3.00. The fourth-order valence-corrected chi connectivity index (χ4v) is 2.29. The van der Waals surface area contributed by atoms with Crippen molar-refractivity contribution in [2.75, 3.05) is 25.5 Å². The maximum Gasteiger partial charge on any atom is 0.256 e. The second-order valence-electron chi connectivity index (χ2n) is 4.64. The molecule has 2 heterocycles. The van der Waals surface area contributed by atoms with Crippen molar-refractivity contribution in [1.29, 1.82) is 0 Å². The number of ether oxygens (including phenoxy) is 1. The summed E-state index contributed by atoms with van der Waals surface area (Å²) >= 11 is 0. The molecule has 0 radical (unpaired) electrons. The molecule has 18 heavy (non-hydrogen) atoms. The first kappa shape index (κ1) is 12.8. The third kappa shape index (κ3) is 2.61. The van der Waals surface area contributed by atoms with E-state index >= 15 is 0 Å². The van der Waals surface area contributed by atoms with Gasteiger partial charge in [0.2, 0.25) is 0 Å². The molecule has 0 saturated carbocycles. The minimum absolute atomic E-state index is 0.0313. The van der Waals surface area contributed by atoms with Crippen molar-refractivity contribution < 1.29 is 9.53 Å². The van der Waals surface area contributed by atoms with Crippen molar-refractivity contribution in [3.8, 4) is 0 Å². The highest BCUT2D eigenvalue weighted by Crippen LogP contribution is 2.18. The fraction of sp³-hybridized carbons (Fsp3) is 0.538. The predicted molar refractivity (Wildman–Crippen MR) is 69.7 cm³/mol. The lowest BCUT2D eigenvalue weighted by Gasteiger charge is -2.35. The Balaban J connectivity index is 2.20. The number of anilines is 1. The zero-order valence-electron chi connectivity index (χ0n) is 11.0. The second kappa shape index (κ2) is 5.35. The molecule has 5 nitrogen and oxygen atoms in total. The zero-order chi connectivity index (χ0) is 13.1. The Labute approximate surface area is 107 Å². The van der Waals surface area contributed by atoms with Gasteiger partial charge in [0.05, 0.1) is 29.7 Å². The number of hydrogen-bond acceptors (Lipinski definition) is 4. The van der Waals surface area contributed by atoms with E-state index in [0.717, 1.165) is 5.69 Å². The van der Waals surface area contributed by atoms with Crippen LogP contribution in [0.15, 0.2) is 18.5 Å². The number of carbonyl (C=O) groups excluding carboxylic acids is 1. The van der Waals surface area contributed by atoms with Gasteiger partial charge in [0, 0.05) is 26.3 Å². The molecule has 1 fully saturated rings. The molecule has 1 amide bonds. The maximum atomic E-state index is 12.5. The molecule has 2 atom stereocenters. The quantitative estimate of drug-likeness (QED) is 0.860. The third-order valence-electron chi connectivity index (χ3n) is 3.03. The number of amides is 1. The van der Waals surface area contributed by atoms with E-state index in [1.807, 2.05) is 18.7 Å². The van der Waals surface area contributed by atoms with E-state index in [2.05, 4.69) is 10.3 Å². The number of hydrogen-bond donors (Lipinski definition) is 1.